The normalized spacial score (nSPS) is 23.1. The van der Waals surface area contributed by atoms with E-state index in [1.54, 1.807) is 0 Å². The van der Waals surface area contributed by atoms with Gasteiger partial charge in [0.2, 0.25) is 5.91 Å². The highest BCUT2D eigenvalue weighted by Crippen LogP contribution is 2.47. The largest absolute Gasteiger partial charge is 0.466 e. The highest BCUT2D eigenvalue weighted by atomic mass is 16.6. The van der Waals surface area contributed by atoms with Gasteiger partial charge in [-0.05, 0) is 24.5 Å². The van der Waals surface area contributed by atoms with E-state index in [2.05, 4.69) is 17.2 Å². The molecule has 4 heteroatoms. The number of hydrogen-bond donors (Lipinski definition) is 1. The summed E-state index contributed by atoms with van der Waals surface area (Å²) in [5.74, 6) is 3.16. The zero-order chi connectivity index (χ0) is 11.5. The Morgan fingerprint density at radius 2 is 2.38 bits per heavy atom. The molecule has 1 aliphatic rings. The lowest BCUT2D eigenvalue weighted by molar-refractivity contribution is -0.131. The summed E-state index contributed by atoms with van der Waals surface area (Å²) in [5, 5.41) is 0. The van der Waals surface area contributed by atoms with Crippen molar-refractivity contribution in [3.8, 4) is 0 Å². The minimum Gasteiger partial charge on any atom is -0.466 e. The van der Waals surface area contributed by atoms with Gasteiger partial charge in [-0.25, -0.2) is 5.48 Å². The SMILES string of the molecule is CONC(=O)CCc1ccc([C@H]2C[C@@H]2C)o1. The number of hydrogen-bond acceptors (Lipinski definition) is 3. The molecule has 1 aromatic rings. The lowest BCUT2D eigenvalue weighted by Crippen LogP contribution is -2.21. The summed E-state index contributed by atoms with van der Waals surface area (Å²) < 4.78 is 5.69. The van der Waals surface area contributed by atoms with Crippen LogP contribution in [0.2, 0.25) is 0 Å². The molecule has 0 bridgehead atoms. The van der Waals surface area contributed by atoms with Gasteiger partial charge in [-0.15, -0.1) is 0 Å². The Morgan fingerprint density at radius 1 is 1.62 bits per heavy atom. The summed E-state index contributed by atoms with van der Waals surface area (Å²) in [7, 11) is 1.43. The quantitative estimate of drug-likeness (QED) is 0.777. The van der Waals surface area contributed by atoms with Crippen LogP contribution in [0.5, 0.6) is 0 Å². The maximum Gasteiger partial charge on any atom is 0.243 e. The fourth-order valence-electron chi connectivity index (χ4n) is 1.85. The van der Waals surface area contributed by atoms with E-state index in [0.717, 1.165) is 17.4 Å². The molecule has 2 atom stereocenters. The fraction of sp³-hybridized carbons (Fsp3) is 0.583. The first kappa shape index (κ1) is 11.2. The molecular formula is C12H17NO3. The number of carbonyl (C=O) groups excluding carboxylic acids is 1. The van der Waals surface area contributed by atoms with Gasteiger partial charge in [0.1, 0.15) is 11.5 Å². The highest BCUT2D eigenvalue weighted by molar-refractivity contribution is 5.74. The molecule has 0 aromatic carbocycles. The van der Waals surface area contributed by atoms with Crippen molar-refractivity contribution in [1.82, 2.24) is 5.48 Å². The molecule has 1 fully saturated rings. The van der Waals surface area contributed by atoms with Gasteiger partial charge in [-0.3, -0.25) is 9.63 Å². The lowest BCUT2D eigenvalue weighted by Gasteiger charge is -1.99. The first-order valence-electron chi connectivity index (χ1n) is 5.61. The monoisotopic (exact) mass is 223 g/mol. The zero-order valence-electron chi connectivity index (χ0n) is 9.66. The third-order valence-electron chi connectivity index (χ3n) is 2.97. The second-order valence-electron chi connectivity index (χ2n) is 4.35. The minimum atomic E-state index is -0.125. The van der Waals surface area contributed by atoms with E-state index in [4.69, 9.17) is 4.42 Å². The van der Waals surface area contributed by atoms with Gasteiger partial charge < -0.3 is 4.42 Å². The van der Waals surface area contributed by atoms with E-state index in [9.17, 15) is 4.79 Å². The maximum atomic E-state index is 11.1. The van der Waals surface area contributed by atoms with Gasteiger partial charge in [0.15, 0.2) is 0 Å². The van der Waals surface area contributed by atoms with Crippen LogP contribution in [0.3, 0.4) is 0 Å². The molecule has 2 rings (SSSR count). The van der Waals surface area contributed by atoms with E-state index in [-0.39, 0.29) is 5.91 Å². The number of rotatable bonds is 5. The smallest absolute Gasteiger partial charge is 0.243 e. The van der Waals surface area contributed by atoms with E-state index < -0.39 is 0 Å². The van der Waals surface area contributed by atoms with E-state index in [0.29, 0.717) is 18.8 Å². The van der Waals surface area contributed by atoms with E-state index in [1.807, 2.05) is 12.1 Å². The predicted molar refractivity (Wildman–Crippen MR) is 58.7 cm³/mol. The van der Waals surface area contributed by atoms with Gasteiger partial charge in [-0.2, -0.15) is 0 Å². The summed E-state index contributed by atoms with van der Waals surface area (Å²) in [6.07, 6.45) is 2.23. The van der Waals surface area contributed by atoms with Crippen LogP contribution >= 0.6 is 0 Å². The molecule has 1 saturated carbocycles. The molecule has 4 nitrogen and oxygen atoms in total. The average Bonchev–Trinajstić information content (AvgIpc) is 2.80. The molecule has 1 N–H and O–H groups in total. The van der Waals surface area contributed by atoms with Crippen LogP contribution in [-0.4, -0.2) is 13.0 Å². The number of amides is 1. The van der Waals surface area contributed by atoms with Gasteiger partial charge in [0.25, 0.3) is 0 Å². The summed E-state index contributed by atoms with van der Waals surface area (Å²) in [6.45, 7) is 2.22. The summed E-state index contributed by atoms with van der Waals surface area (Å²) >= 11 is 0. The predicted octanol–water partition coefficient (Wildman–Crippen LogP) is 2.01. The van der Waals surface area contributed by atoms with Crippen molar-refractivity contribution in [2.24, 2.45) is 5.92 Å². The van der Waals surface area contributed by atoms with Crippen LogP contribution in [-0.2, 0) is 16.1 Å². The van der Waals surface area contributed by atoms with Crippen LogP contribution in [0.4, 0.5) is 0 Å². The van der Waals surface area contributed by atoms with Crippen molar-refractivity contribution in [2.45, 2.75) is 32.1 Å². The summed E-state index contributed by atoms with van der Waals surface area (Å²) in [4.78, 5) is 15.7. The van der Waals surface area contributed by atoms with Crippen LogP contribution in [0, 0.1) is 5.92 Å². The Bertz CT molecular complexity index is 372. The summed E-state index contributed by atoms with van der Waals surface area (Å²) in [6, 6.07) is 3.98. The molecule has 0 radical (unpaired) electrons. The molecule has 1 aliphatic carbocycles. The number of aryl methyl sites for hydroxylation is 1. The Labute approximate surface area is 94.9 Å². The van der Waals surface area contributed by atoms with Crippen LogP contribution < -0.4 is 5.48 Å². The number of carbonyl (C=O) groups is 1. The lowest BCUT2D eigenvalue weighted by atomic mass is 10.2. The fourth-order valence-corrected chi connectivity index (χ4v) is 1.85. The Kier molecular flexibility index (Phi) is 3.29. The standard InChI is InChI=1S/C12H17NO3/c1-8-7-10(8)11-5-3-9(16-11)4-6-12(14)13-15-2/h3,5,8,10H,4,6-7H2,1-2H3,(H,13,14)/t8-,10-/m0/s1. The first-order valence-corrected chi connectivity index (χ1v) is 5.61. The second-order valence-corrected chi connectivity index (χ2v) is 4.35. The first-order chi connectivity index (χ1) is 7.70. The molecule has 1 amide bonds. The third-order valence-corrected chi connectivity index (χ3v) is 2.97. The number of furan rings is 1. The average molecular weight is 223 g/mol. The minimum absolute atomic E-state index is 0.125. The molecule has 88 valence electrons. The topological polar surface area (TPSA) is 51.5 Å². The van der Waals surface area contributed by atoms with Crippen molar-refractivity contribution in [3.63, 3.8) is 0 Å². The van der Waals surface area contributed by atoms with Gasteiger partial charge >= 0.3 is 0 Å². The zero-order valence-corrected chi connectivity index (χ0v) is 9.66. The molecule has 1 heterocycles. The van der Waals surface area contributed by atoms with Gasteiger partial charge in [0, 0.05) is 18.8 Å². The molecular weight excluding hydrogens is 206 g/mol. The van der Waals surface area contributed by atoms with E-state index >= 15 is 0 Å². The third kappa shape index (κ3) is 2.64. The number of nitrogens with one attached hydrogen (secondary N) is 1. The van der Waals surface area contributed by atoms with Gasteiger partial charge in [0.05, 0.1) is 7.11 Å². The van der Waals surface area contributed by atoms with Crippen molar-refractivity contribution in [3.05, 3.63) is 23.7 Å². The Hall–Kier alpha value is -1.29. The molecule has 1 aromatic heterocycles. The molecule has 0 aliphatic heterocycles. The molecule has 0 saturated heterocycles. The van der Waals surface area contributed by atoms with E-state index in [1.165, 1.54) is 13.5 Å². The molecule has 0 spiro atoms. The van der Waals surface area contributed by atoms with Crippen molar-refractivity contribution < 1.29 is 14.0 Å². The van der Waals surface area contributed by atoms with Crippen molar-refractivity contribution >= 4 is 5.91 Å². The second kappa shape index (κ2) is 4.70. The maximum absolute atomic E-state index is 11.1. The van der Waals surface area contributed by atoms with Crippen LogP contribution in [0.15, 0.2) is 16.5 Å². The van der Waals surface area contributed by atoms with Crippen molar-refractivity contribution in [1.29, 1.82) is 0 Å². The van der Waals surface area contributed by atoms with Crippen molar-refractivity contribution in [2.75, 3.05) is 7.11 Å². The number of hydroxylamine groups is 1. The highest BCUT2D eigenvalue weighted by Gasteiger charge is 2.36. The molecule has 0 unspecified atom stereocenters. The van der Waals surface area contributed by atoms with Crippen LogP contribution in [0.1, 0.15) is 37.2 Å². The Morgan fingerprint density at radius 3 is 3.00 bits per heavy atom. The van der Waals surface area contributed by atoms with Gasteiger partial charge in [-0.1, -0.05) is 6.92 Å². The Balaban J connectivity index is 1.81. The molecule has 16 heavy (non-hydrogen) atoms. The summed E-state index contributed by atoms with van der Waals surface area (Å²) in [5.41, 5.74) is 2.28. The van der Waals surface area contributed by atoms with Crippen LogP contribution in [0.25, 0.3) is 0 Å².